The highest BCUT2D eigenvalue weighted by molar-refractivity contribution is 5.44. The number of aryl methyl sites for hydroxylation is 5. The van der Waals surface area contributed by atoms with Crippen LogP contribution in [0.3, 0.4) is 0 Å². The third kappa shape index (κ3) is 2.95. The first kappa shape index (κ1) is 14.8. The van der Waals surface area contributed by atoms with Crippen LogP contribution in [0.2, 0.25) is 0 Å². The molecule has 106 valence electrons. The van der Waals surface area contributed by atoms with Gasteiger partial charge in [-0.1, -0.05) is 31.2 Å². The molecule has 0 amide bonds. The van der Waals surface area contributed by atoms with Crippen LogP contribution in [0.15, 0.2) is 24.3 Å². The van der Waals surface area contributed by atoms with E-state index in [-0.39, 0.29) is 0 Å². The van der Waals surface area contributed by atoms with Crippen molar-refractivity contribution in [2.75, 3.05) is 0 Å². The third-order valence-corrected chi connectivity index (χ3v) is 4.53. The van der Waals surface area contributed by atoms with E-state index >= 15 is 0 Å². The van der Waals surface area contributed by atoms with Gasteiger partial charge < -0.3 is 0 Å². The van der Waals surface area contributed by atoms with Crippen LogP contribution >= 0.6 is 0 Å². The van der Waals surface area contributed by atoms with Crippen molar-refractivity contribution >= 4 is 0 Å². The van der Waals surface area contributed by atoms with Crippen molar-refractivity contribution in [3.8, 4) is 0 Å². The first-order valence-electron chi connectivity index (χ1n) is 7.58. The van der Waals surface area contributed by atoms with Crippen molar-refractivity contribution in [1.29, 1.82) is 0 Å². The van der Waals surface area contributed by atoms with Crippen LogP contribution in [0.1, 0.15) is 51.4 Å². The number of benzene rings is 2. The molecule has 0 saturated carbocycles. The van der Waals surface area contributed by atoms with E-state index in [2.05, 4.69) is 65.8 Å². The van der Waals surface area contributed by atoms with E-state index in [9.17, 15) is 0 Å². The van der Waals surface area contributed by atoms with E-state index in [1.165, 1.54) is 44.5 Å². The molecule has 0 heterocycles. The van der Waals surface area contributed by atoms with Gasteiger partial charge in [0.25, 0.3) is 0 Å². The lowest BCUT2D eigenvalue weighted by Gasteiger charge is -2.14. The summed E-state index contributed by atoms with van der Waals surface area (Å²) in [4.78, 5) is 0. The van der Waals surface area contributed by atoms with Crippen molar-refractivity contribution < 1.29 is 0 Å². The zero-order valence-electron chi connectivity index (χ0n) is 13.7. The predicted octanol–water partition coefficient (Wildman–Crippen LogP) is 5.38. The first-order valence-corrected chi connectivity index (χ1v) is 7.58. The van der Waals surface area contributed by atoms with Crippen LogP contribution in [-0.2, 0) is 12.8 Å². The second-order valence-corrected chi connectivity index (χ2v) is 6.09. The summed E-state index contributed by atoms with van der Waals surface area (Å²) in [5, 5.41) is 0. The van der Waals surface area contributed by atoms with Crippen molar-refractivity contribution in [3.05, 3.63) is 68.8 Å². The van der Waals surface area contributed by atoms with Gasteiger partial charge in [0.15, 0.2) is 0 Å². The molecule has 0 unspecified atom stereocenters. The Balaban J connectivity index is 2.40. The summed E-state index contributed by atoms with van der Waals surface area (Å²) >= 11 is 0. The van der Waals surface area contributed by atoms with Gasteiger partial charge in [0.05, 0.1) is 0 Å². The molecule has 0 fully saturated rings. The smallest absolute Gasteiger partial charge is 0.00203 e. The minimum atomic E-state index is 1.05. The molecule has 0 atom stereocenters. The van der Waals surface area contributed by atoms with Crippen molar-refractivity contribution in [2.24, 2.45) is 0 Å². The lowest BCUT2D eigenvalue weighted by Crippen LogP contribution is -1.99. The lowest BCUT2D eigenvalue weighted by atomic mass is 9.91. The summed E-state index contributed by atoms with van der Waals surface area (Å²) in [6.07, 6.45) is 2.16. The monoisotopic (exact) mass is 266 g/mol. The summed E-state index contributed by atoms with van der Waals surface area (Å²) in [5.74, 6) is 0. The molecule has 0 spiro atoms. The van der Waals surface area contributed by atoms with E-state index < -0.39 is 0 Å². The fourth-order valence-electron chi connectivity index (χ4n) is 3.00. The highest BCUT2D eigenvalue weighted by Crippen LogP contribution is 2.23. The van der Waals surface area contributed by atoms with Gasteiger partial charge >= 0.3 is 0 Å². The maximum Gasteiger partial charge on any atom is -0.00203 e. The summed E-state index contributed by atoms with van der Waals surface area (Å²) < 4.78 is 0. The second kappa shape index (κ2) is 5.83. The Morgan fingerprint density at radius 2 is 1.10 bits per heavy atom. The summed E-state index contributed by atoms with van der Waals surface area (Å²) in [7, 11) is 0. The highest BCUT2D eigenvalue weighted by atomic mass is 14.1. The Labute approximate surface area is 123 Å². The van der Waals surface area contributed by atoms with Crippen molar-refractivity contribution in [1.82, 2.24) is 0 Å². The van der Waals surface area contributed by atoms with Gasteiger partial charge in [0, 0.05) is 0 Å². The van der Waals surface area contributed by atoms with E-state index in [1.54, 1.807) is 0 Å². The van der Waals surface area contributed by atoms with Gasteiger partial charge in [-0.3, -0.25) is 0 Å². The Hall–Kier alpha value is -1.56. The molecular formula is C20H26. The average Bonchev–Trinajstić information content (AvgIpc) is 2.39. The van der Waals surface area contributed by atoms with Crippen molar-refractivity contribution in [2.45, 2.75) is 54.4 Å². The van der Waals surface area contributed by atoms with Crippen LogP contribution in [0.5, 0.6) is 0 Å². The Morgan fingerprint density at radius 1 is 0.650 bits per heavy atom. The zero-order chi connectivity index (χ0) is 14.9. The minimum Gasteiger partial charge on any atom is -0.0613 e. The number of hydrogen-bond donors (Lipinski definition) is 0. The van der Waals surface area contributed by atoms with Crippen LogP contribution in [0.25, 0.3) is 0 Å². The molecule has 0 aliphatic rings. The molecule has 0 nitrogen and oxygen atoms in total. The Kier molecular flexibility index (Phi) is 4.32. The van der Waals surface area contributed by atoms with Crippen molar-refractivity contribution in [3.63, 3.8) is 0 Å². The zero-order valence-corrected chi connectivity index (χ0v) is 13.7. The standard InChI is InChI=1S/C20H26/c1-7-18-10-15(4)20(16(5)11-18)12-19-8-13(2)17(6)14(3)9-19/h8-11H,7,12H2,1-6H3. The topological polar surface area (TPSA) is 0 Å². The lowest BCUT2D eigenvalue weighted by molar-refractivity contribution is 1.06. The average molecular weight is 266 g/mol. The molecule has 2 aromatic rings. The summed E-state index contributed by atoms with van der Waals surface area (Å²) in [5.41, 5.74) is 11.4. The van der Waals surface area contributed by atoms with Crippen LogP contribution in [0.4, 0.5) is 0 Å². The van der Waals surface area contributed by atoms with Gasteiger partial charge in [-0.05, 0) is 92.0 Å². The molecular weight excluding hydrogens is 240 g/mol. The van der Waals surface area contributed by atoms with Crippen LogP contribution < -0.4 is 0 Å². The Morgan fingerprint density at radius 3 is 1.55 bits per heavy atom. The minimum absolute atomic E-state index is 1.05. The van der Waals surface area contributed by atoms with E-state index in [4.69, 9.17) is 0 Å². The molecule has 0 aliphatic heterocycles. The Bertz CT molecular complexity index is 586. The highest BCUT2D eigenvalue weighted by Gasteiger charge is 2.08. The van der Waals surface area contributed by atoms with Gasteiger partial charge in [-0.25, -0.2) is 0 Å². The van der Waals surface area contributed by atoms with Crippen LogP contribution in [0, 0.1) is 34.6 Å². The third-order valence-electron chi connectivity index (χ3n) is 4.53. The van der Waals surface area contributed by atoms with Crippen LogP contribution in [-0.4, -0.2) is 0 Å². The summed E-state index contributed by atoms with van der Waals surface area (Å²) in [6.45, 7) is 13.4. The first-order chi connectivity index (χ1) is 9.42. The molecule has 0 saturated heterocycles. The van der Waals surface area contributed by atoms with Gasteiger partial charge in [0.2, 0.25) is 0 Å². The predicted molar refractivity (Wildman–Crippen MR) is 88.8 cm³/mol. The van der Waals surface area contributed by atoms with E-state index in [1.807, 2.05) is 0 Å². The molecule has 2 rings (SSSR count). The SMILES string of the molecule is CCc1cc(C)c(Cc2cc(C)c(C)c(C)c2)c(C)c1. The van der Waals surface area contributed by atoms with Gasteiger partial charge in [-0.2, -0.15) is 0 Å². The molecule has 20 heavy (non-hydrogen) atoms. The maximum atomic E-state index is 2.34. The van der Waals surface area contributed by atoms with Gasteiger partial charge in [0.1, 0.15) is 0 Å². The molecule has 0 aliphatic carbocycles. The number of hydrogen-bond acceptors (Lipinski definition) is 0. The molecule has 0 N–H and O–H groups in total. The fourth-order valence-corrected chi connectivity index (χ4v) is 3.00. The maximum absolute atomic E-state index is 2.34. The molecule has 2 aromatic carbocycles. The largest absolute Gasteiger partial charge is 0.0613 e. The second-order valence-electron chi connectivity index (χ2n) is 6.09. The molecule has 0 aromatic heterocycles. The van der Waals surface area contributed by atoms with E-state index in [0.29, 0.717) is 0 Å². The quantitative estimate of drug-likeness (QED) is 0.699. The molecule has 0 bridgehead atoms. The van der Waals surface area contributed by atoms with E-state index in [0.717, 1.165) is 12.8 Å². The summed E-state index contributed by atoms with van der Waals surface area (Å²) in [6, 6.07) is 9.37. The molecule has 0 radical (unpaired) electrons. The molecule has 0 heteroatoms. The van der Waals surface area contributed by atoms with Gasteiger partial charge in [-0.15, -0.1) is 0 Å². The number of rotatable bonds is 3. The normalized spacial score (nSPS) is 10.9. The fraction of sp³-hybridized carbons (Fsp3) is 0.400.